The number of rotatable bonds is 2. The molecule has 0 saturated carbocycles. The van der Waals surface area contributed by atoms with E-state index < -0.39 is 43.8 Å². The lowest BCUT2D eigenvalue weighted by molar-refractivity contribution is -0.121. The van der Waals surface area contributed by atoms with Gasteiger partial charge in [0, 0.05) is 0 Å². The number of benzene rings is 1. The molecule has 2 heterocycles. The molecular formula is C15H6Cl4N2O4. The van der Waals surface area contributed by atoms with Gasteiger partial charge in [-0.1, -0.05) is 52.5 Å². The van der Waals surface area contributed by atoms with Crippen molar-refractivity contribution < 1.29 is 19.2 Å². The Morgan fingerprint density at radius 1 is 0.680 bits per heavy atom. The number of hydrogen-bond donors (Lipinski definition) is 0. The first-order valence-corrected chi connectivity index (χ1v) is 8.16. The van der Waals surface area contributed by atoms with Gasteiger partial charge in [-0.3, -0.25) is 19.2 Å². The highest BCUT2D eigenvalue weighted by Gasteiger charge is 2.41. The average Bonchev–Trinajstić information content (AvgIpc) is 2.89. The van der Waals surface area contributed by atoms with Gasteiger partial charge in [0.25, 0.3) is 23.6 Å². The molecule has 2 aliphatic heterocycles. The predicted octanol–water partition coefficient (Wildman–Crippen LogP) is 3.12. The molecule has 0 bridgehead atoms. The van der Waals surface area contributed by atoms with E-state index in [4.69, 9.17) is 46.4 Å². The first kappa shape index (κ1) is 17.9. The molecule has 4 amide bonds. The number of halogens is 4. The monoisotopic (exact) mass is 418 g/mol. The smallest absolute Gasteiger partial charge is 0.267 e. The summed E-state index contributed by atoms with van der Waals surface area (Å²) in [5, 5.41) is -1.63. The van der Waals surface area contributed by atoms with E-state index in [2.05, 4.69) is 0 Å². The number of hydrogen-bond acceptors (Lipinski definition) is 4. The van der Waals surface area contributed by atoms with E-state index in [1.165, 1.54) is 18.2 Å². The first-order chi connectivity index (χ1) is 11.7. The molecule has 0 saturated heterocycles. The van der Waals surface area contributed by atoms with Crippen LogP contribution in [0.15, 0.2) is 38.3 Å². The minimum Gasteiger partial charge on any atom is -0.267 e. The quantitative estimate of drug-likeness (QED) is 0.690. The minimum absolute atomic E-state index is 0.0872. The minimum atomic E-state index is -0.806. The van der Waals surface area contributed by atoms with Crippen molar-refractivity contribution in [1.82, 2.24) is 0 Å². The highest BCUT2D eigenvalue weighted by atomic mass is 35.5. The van der Waals surface area contributed by atoms with Gasteiger partial charge in [0.05, 0.1) is 11.4 Å². The molecule has 0 aromatic heterocycles. The third-order valence-electron chi connectivity index (χ3n) is 3.64. The lowest BCUT2D eigenvalue weighted by atomic mass is 10.1. The summed E-state index contributed by atoms with van der Waals surface area (Å²) in [5.41, 5.74) is 0.732. The van der Waals surface area contributed by atoms with E-state index >= 15 is 0 Å². The van der Waals surface area contributed by atoms with E-state index in [1.807, 2.05) is 0 Å². The Bertz CT molecular complexity index is 903. The fraction of sp³-hybridized carbons (Fsp3) is 0.0667. The molecule has 6 nitrogen and oxygen atoms in total. The van der Waals surface area contributed by atoms with Crippen molar-refractivity contribution in [2.75, 3.05) is 9.80 Å². The third-order valence-corrected chi connectivity index (χ3v) is 5.24. The molecule has 10 heteroatoms. The van der Waals surface area contributed by atoms with Crippen LogP contribution in [0, 0.1) is 6.92 Å². The summed E-state index contributed by atoms with van der Waals surface area (Å²) >= 11 is 22.9. The van der Waals surface area contributed by atoms with Gasteiger partial charge in [0.2, 0.25) is 0 Å². The van der Waals surface area contributed by atoms with Gasteiger partial charge in [-0.05, 0) is 24.6 Å². The molecule has 2 aliphatic rings. The van der Waals surface area contributed by atoms with Crippen LogP contribution in [0.4, 0.5) is 11.4 Å². The summed E-state index contributed by atoms with van der Waals surface area (Å²) in [6.45, 7) is 1.63. The molecule has 0 N–H and O–H groups in total. The van der Waals surface area contributed by atoms with Gasteiger partial charge < -0.3 is 0 Å². The Morgan fingerprint density at radius 3 is 1.52 bits per heavy atom. The maximum absolute atomic E-state index is 12.2. The van der Waals surface area contributed by atoms with Crippen LogP contribution in [0.1, 0.15) is 5.56 Å². The van der Waals surface area contributed by atoms with Gasteiger partial charge in [0.1, 0.15) is 20.1 Å². The highest BCUT2D eigenvalue weighted by Crippen LogP contribution is 2.37. The second-order valence-electron chi connectivity index (χ2n) is 5.12. The highest BCUT2D eigenvalue weighted by molar-refractivity contribution is 6.63. The molecule has 1 aromatic carbocycles. The predicted molar refractivity (Wildman–Crippen MR) is 93.6 cm³/mol. The van der Waals surface area contributed by atoms with Gasteiger partial charge in [-0.15, -0.1) is 0 Å². The zero-order valence-electron chi connectivity index (χ0n) is 12.3. The van der Waals surface area contributed by atoms with Crippen molar-refractivity contribution in [3.8, 4) is 0 Å². The van der Waals surface area contributed by atoms with Gasteiger partial charge >= 0.3 is 0 Å². The number of amides is 4. The average molecular weight is 420 g/mol. The van der Waals surface area contributed by atoms with Crippen molar-refractivity contribution in [1.29, 1.82) is 0 Å². The Labute approximate surface area is 161 Å². The molecule has 0 unspecified atom stereocenters. The Hall–Kier alpha value is -1.86. The van der Waals surface area contributed by atoms with Gasteiger partial charge in [-0.2, -0.15) is 0 Å². The molecule has 0 radical (unpaired) electrons. The number of aryl methyl sites for hydroxylation is 1. The number of anilines is 2. The second kappa shape index (κ2) is 6.14. The van der Waals surface area contributed by atoms with Gasteiger partial charge in [-0.25, -0.2) is 9.80 Å². The zero-order valence-corrected chi connectivity index (χ0v) is 15.3. The van der Waals surface area contributed by atoms with Crippen molar-refractivity contribution in [2.45, 2.75) is 6.92 Å². The summed E-state index contributed by atoms with van der Waals surface area (Å²) in [6.07, 6.45) is 0. The number of carbonyl (C=O) groups excluding carboxylic acids is 4. The SMILES string of the molecule is Cc1ccc(N2C(=O)C(Cl)=C(Cl)C2=O)cc1N1C(=O)C(Cl)=C(Cl)C1=O. The van der Waals surface area contributed by atoms with Crippen LogP contribution in [0.3, 0.4) is 0 Å². The Balaban J connectivity index is 2.08. The topological polar surface area (TPSA) is 74.8 Å². The molecule has 128 valence electrons. The van der Waals surface area contributed by atoms with Crippen molar-refractivity contribution in [2.24, 2.45) is 0 Å². The maximum atomic E-state index is 12.2. The van der Waals surface area contributed by atoms with Crippen molar-refractivity contribution in [3.63, 3.8) is 0 Å². The van der Waals surface area contributed by atoms with Crippen LogP contribution in [-0.4, -0.2) is 23.6 Å². The molecule has 25 heavy (non-hydrogen) atoms. The summed E-state index contributed by atoms with van der Waals surface area (Å²) in [6, 6.07) is 4.28. The van der Waals surface area contributed by atoms with Crippen LogP contribution in [0.2, 0.25) is 0 Å². The van der Waals surface area contributed by atoms with E-state index in [1.54, 1.807) is 6.92 Å². The van der Waals surface area contributed by atoms with Crippen LogP contribution in [0.5, 0.6) is 0 Å². The number of carbonyl (C=O) groups is 4. The molecule has 0 atom stereocenters. The van der Waals surface area contributed by atoms with E-state index in [-0.39, 0.29) is 11.4 Å². The van der Waals surface area contributed by atoms with E-state index in [0.29, 0.717) is 5.56 Å². The number of imide groups is 2. The fourth-order valence-electron chi connectivity index (χ4n) is 2.38. The summed E-state index contributed by atoms with van der Waals surface area (Å²) < 4.78 is 0. The molecule has 1 aromatic rings. The van der Waals surface area contributed by atoms with Crippen LogP contribution < -0.4 is 9.80 Å². The number of nitrogens with zero attached hydrogens (tertiary/aromatic N) is 2. The lowest BCUT2D eigenvalue weighted by Gasteiger charge is -2.21. The first-order valence-electron chi connectivity index (χ1n) is 6.65. The molecule has 0 fully saturated rings. The Morgan fingerprint density at radius 2 is 1.08 bits per heavy atom. The summed E-state index contributed by atoms with van der Waals surface area (Å²) in [4.78, 5) is 50.1. The summed E-state index contributed by atoms with van der Waals surface area (Å²) in [7, 11) is 0. The summed E-state index contributed by atoms with van der Waals surface area (Å²) in [5.74, 6) is -3.21. The van der Waals surface area contributed by atoms with Crippen LogP contribution in [-0.2, 0) is 19.2 Å². The fourth-order valence-corrected chi connectivity index (χ4v) is 3.05. The molecular weight excluding hydrogens is 414 g/mol. The molecule has 3 rings (SSSR count). The third kappa shape index (κ3) is 2.57. The van der Waals surface area contributed by atoms with Crippen molar-refractivity contribution >= 4 is 81.4 Å². The maximum Gasteiger partial charge on any atom is 0.278 e. The lowest BCUT2D eigenvalue weighted by Crippen LogP contribution is -2.33. The molecule has 0 spiro atoms. The van der Waals surface area contributed by atoms with E-state index in [0.717, 1.165) is 9.80 Å². The van der Waals surface area contributed by atoms with Crippen LogP contribution >= 0.6 is 46.4 Å². The molecule has 0 aliphatic carbocycles. The standard InChI is InChI=1S/C15H6Cl4N2O4/c1-5-2-3-6(20-12(22)8(16)9(17)13(20)23)4-7(5)21-14(24)10(18)11(19)15(21)25/h2-4H,1H3. The largest absolute Gasteiger partial charge is 0.278 e. The normalized spacial score (nSPS) is 18.4. The zero-order chi connectivity index (χ0) is 18.6. The second-order valence-corrected chi connectivity index (χ2v) is 6.63. The Kier molecular flexibility index (Phi) is 4.41. The van der Waals surface area contributed by atoms with Crippen molar-refractivity contribution in [3.05, 3.63) is 43.9 Å². The van der Waals surface area contributed by atoms with Gasteiger partial charge in [0.15, 0.2) is 0 Å². The van der Waals surface area contributed by atoms with Crippen LogP contribution in [0.25, 0.3) is 0 Å². The van der Waals surface area contributed by atoms with E-state index in [9.17, 15) is 19.2 Å².